The Kier molecular flexibility index (Phi) is 7.49. The molecule has 2 rings (SSSR count). The second-order valence-corrected chi connectivity index (χ2v) is 7.56. The van der Waals surface area contributed by atoms with Crippen molar-refractivity contribution in [1.29, 1.82) is 0 Å². The summed E-state index contributed by atoms with van der Waals surface area (Å²) < 4.78 is 5.38. The van der Waals surface area contributed by atoms with Gasteiger partial charge in [0.2, 0.25) is 11.8 Å². The quantitative estimate of drug-likeness (QED) is 0.755. The molecule has 1 N–H and O–H groups in total. The summed E-state index contributed by atoms with van der Waals surface area (Å²) in [6.45, 7) is 9.10. The van der Waals surface area contributed by atoms with Gasteiger partial charge in [-0.2, -0.15) is 0 Å². The van der Waals surface area contributed by atoms with E-state index in [0.717, 1.165) is 52.1 Å². The highest BCUT2D eigenvalue weighted by atomic mass is 16.5. The summed E-state index contributed by atoms with van der Waals surface area (Å²) in [6, 6.07) is -0.320. The van der Waals surface area contributed by atoms with Crippen LogP contribution in [0.4, 0.5) is 0 Å². The van der Waals surface area contributed by atoms with Crippen LogP contribution in [0.25, 0.3) is 0 Å². The number of hydrogen-bond donors (Lipinski definition) is 1. The summed E-state index contributed by atoms with van der Waals surface area (Å²) in [4.78, 5) is 28.7. The van der Waals surface area contributed by atoms with E-state index in [9.17, 15) is 9.59 Å². The first-order valence-electron chi connectivity index (χ1n) is 9.31. The zero-order chi connectivity index (χ0) is 17.5. The summed E-state index contributed by atoms with van der Waals surface area (Å²) in [5, 5.41) is 2.90. The molecule has 0 aromatic carbocycles. The summed E-state index contributed by atoms with van der Waals surface area (Å²) in [6.07, 6.45) is 3.49. The van der Waals surface area contributed by atoms with Crippen LogP contribution in [0.15, 0.2) is 0 Å². The van der Waals surface area contributed by atoms with Crippen molar-refractivity contribution in [1.82, 2.24) is 15.1 Å². The van der Waals surface area contributed by atoms with Crippen LogP contribution >= 0.6 is 0 Å². The Balaban J connectivity index is 1.82. The van der Waals surface area contributed by atoms with Gasteiger partial charge in [-0.25, -0.2) is 0 Å². The van der Waals surface area contributed by atoms with Crippen LogP contribution in [0, 0.1) is 11.8 Å². The highest BCUT2D eigenvalue weighted by Crippen LogP contribution is 2.19. The lowest BCUT2D eigenvalue weighted by molar-refractivity contribution is -0.138. The fourth-order valence-electron chi connectivity index (χ4n) is 3.53. The molecule has 1 atom stereocenters. The molecule has 138 valence electrons. The smallest absolute Gasteiger partial charge is 0.237 e. The third-order valence-electron chi connectivity index (χ3n) is 5.05. The molecular weight excluding hydrogens is 306 g/mol. The van der Waals surface area contributed by atoms with E-state index in [1.54, 1.807) is 4.90 Å². The van der Waals surface area contributed by atoms with Crippen LogP contribution in [0.5, 0.6) is 0 Å². The average molecular weight is 339 g/mol. The molecule has 2 aliphatic heterocycles. The fourth-order valence-corrected chi connectivity index (χ4v) is 3.53. The number of hydrogen-bond acceptors (Lipinski definition) is 4. The Morgan fingerprint density at radius 1 is 1.38 bits per heavy atom. The SMILES string of the molecule is CC(C)CN1CCNC(=O)C1CC(=O)N(C)CCC1CCOCC1. The van der Waals surface area contributed by atoms with E-state index in [-0.39, 0.29) is 24.3 Å². The second kappa shape index (κ2) is 9.37. The molecule has 2 amide bonds. The Bertz CT molecular complexity index is 422. The van der Waals surface area contributed by atoms with E-state index in [1.165, 1.54) is 0 Å². The van der Waals surface area contributed by atoms with Crippen molar-refractivity contribution in [3.8, 4) is 0 Å². The lowest BCUT2D eigenvalue weighted by Gasteiger charge is -2.36. The van der Waals surface area contributed by atoms with Crippen LogP contribution in [-0.2, 0) is 14.3 Å². The molecule has 2 heterocycles. The summed E-state index contributed by atoms with van der Waals surface area (Å²) in [7, 11) is 1.86. The van der Waals surface area contributed by atoms with Gasteiger partial charge in [-0.3, -0.25) is 14.5 Å². The third kappa shape index (κ3) is 5.74. The van der Waals surface area contributed by atoms with Gasteiger partial charge in [0.05, 0.1) is 12.5 Å². The van der Waals surface area contributed by atoms with Gasteiger partial charge in [-0.05, 0) is 31.1 Å². The molecule has 0 radical (unpaired) electrons. The van der Waals surface area contributed by atoms with Gasteiger partial charge in [-0.15, -0.1) is 0 Å². The van der Waals surface area contributed by atoms with Crippen LogP contribution in [0.3, 0.4) is 0 Å². The minimum Gasteiger partial charge on any atom is -0.381 e. The normalized spacial score (nSPS) is 23.3. The third-order valence-corrected chi connectivity index (χ3v) is 5.05. The summed E-state index contributed by atoms with van der Waals surface area (Å²) >= 11 is 0. The van der Waals surface area contributed by atoms with E-state index < -0.39 is 0 Å². The fraction of sp³-hybridized carbons (Fsp3) is 0.889. The summed E-state index contributed by atoms with van der Waals surface area (Å²) in [5.74, 6) is 1.20. The highest BCUT2D eigenvalue weighted by molar-refractivity contribution is 5.88. The molecule has 24 heavy (non-hydrogen) atoms. The maximum Gasteiger partial charge on any atom is 0.237 e. The van der Waals surface area contributed by atoms with Crippen molar-refractivity contribution in [3.05, 3.63) is 0 Å². The van der Waals surface area contributed by atoms with Gasteiger partial charge in [0.25, 0.3) is 0 Å². The number of nitrogens with zero attached hydrogens (tertiary/aromatic N) is 2. The predicted molar refractivity (Wildman–Crippen MR) is 93.6 cm³/mol. The van der Waals surface area contributed by atoms with Crippen LogP contribution in [-0.4, -0.2) is 74.1 Å². The molecule has 6 nitrogen and oxygen atoms in total. The Hall–Kier alpha value is -1.14. The Labute approximate surface area is 145 Å². The lowest BCUT2D eigenvalue weighted by Crippen LogP contribution is -2.57. The minimum atomic E-state index is -0.320. The predicted octanol–water partition coefficient (Wildman–Crippen LogP) is 1.11. The van der Waals surface area contributed by atoms with Gasteiger partial charge in [0.15, 0.2) is 0 Å². The van der Waals surface area contributed by atoms with E-state index in [2.05, 4.69) is 24.1 Å². The van der Waals surface area contributed by atoms with E-state index in [1.807, 2.05) is 7.05 Å². The monoisotopic (exact) mass is 339 g/mol. The molecule has 0 bridgehead atoms. The molecule has 0 spiro atoms. The van der Waals surface area contributed by atoms with E-state index in [4.69, 9.17) is 4.74 Å². The van der Waals surface area contributed by atoms with Crippen molar-refractivity contribution < 1.29 is 14.3 Å². The zero-order valence-corrected chi connectivity index (χ0v) is 15.4. The molecule has 2 aliphatic rings. The number of rotatable bonds is 7. The standard InChI is InChI=1S/C18H33N3O3/c1-14(2)13-21-9-7-19-18(23)16(21)12-17(22)20(3)8-4-15-5-10-24-11-6-15/h14-16H,4-13H2,1-3H3,(H,19,23). The lowest BCUT2D eigenvalue weighted by atomic mass is 9.96. The first kappa shape index (κ1) is 19.2. The van der Waals surface area contributed by atoms with Crippen LogP contribution < -0.4 is 5.32 Å². The maximum absolute atomic E-state index is 12.6. The number of carbonyl (C=O) groups is 2. The van der Waals surface area contributed by atoms with Crippen LogP contribution in [0.1, 0.15) is 39.5 Å². The molecule has 0 saturated carbocycles. The Morgan fingerprint density at radius 3 is 2.75 bits per heavy atom. The minimum absolute atomic E-state index is 0.00641. The maximum atomic E-state index is 12.6. The molecule has 2 saturated heterocycles. The average Bonchev–Trinajstić information content (AvgIpc) is 2.56. The number of nitrogens with one attached hydrogen (secondary N) is 1. The largest absolute Gasteiger partial charge is 0.381 e. The van der Waals surface area contributed by atoms with Gasteiger partial charge in [-0.1, -0.05) is 13.8 Å². The van der Waals surface area contributed by atoms with Crippen molar-refractivity contribution in [3.63, 3.8) is 0 Å². The summed E-state index contributed by atoms with van der Waals surface area (Å²) in [5.41, 5.74) is 0. The zero-order valence-electron chi connectivity index (χ0n) is 15.4. The van der Waals surface area contributed by atoms with Crippen molar-refractivity contribution in [2.75, 3.05) is 46.4 Å². The number of amides is 2. The number of ether oxygens (including phenoxy) is 1. The van der Waals surface area contributed by atoms with Gasteiger partial charge >= 0.3 is 0 Å². The molecular formula is C18H33N3O3. The molecule has 6 heteroatoms. The number of piperazine rings is 1. The van der Waals surface area contributed by atoms with Gasteiger partial charge in [0, 0.05) is 46.4 Å². The molecule has 1 unspecified atom stereocenters. The molecule has 0 aliphatic carbocycles. The van der Waals surface area contributed by atoms with E-state index >= 15 is 0 Å². The topological polar surface area (TPSA) is 61.9 Å². The number of carbonyl (C=O) groups excluding carboxylic acids is 2. The first-order valence-corrected chi connectivity index (χ1v) is 9.31. The van der Waals surface area contributed by atoms with Gasteiger partial charge < -0.3 is 15.0 Å². The first-order chi connectivity index (χ1) is 11.5. The molecule has 0 aromatic rings. The van der Waals surface area contributed by atoms with Crippen molar-refractivity contribution >= 4 is 11.8 Å². The van der Waals surface area contributed by atoms with Crippen molar-refractivity contribution in [2.24, 2.45) is 11.8 Å². The van der Waals surface area contributed by atoms with E-state index in [0.29, 0.717) is 18.4 Å². The Morgan fingerprint density at radius 2 is 2.08 bits per heavy atom. The highest BCUT2D eigenvalue weighted by Gasteiger charge is 2.32. The van der Waals surface area contributed by atoms with Gasteiger partial charge in [0.1, 0.15) is 0 Å². The molecule has 0 aromatic heterocycles. The van der Waals surface area contributed by atoms with Crippen molar-refractivity contribution in [2.45, 2.75) is 45.6 Å². The second-order valence-electron chi connectivity index (χ2n) is 7.56. The molecule has 2 fully saturated rings. The van der Waals surface area contributed by atoms with Crippen LogP contribution in [0.2, 0.25) is 0 Å².